The second-order valence-electron chi connectivity index (χ2n) is 1.20. The summed E-state index contributed by atoms with van der Waals surface area (Å²) in [5.41, 5.74) is 0. The fraction of sp³-hybridized carbons (Fsp3) is 1.00. The van der Waals surface area contributed by atoms with Gasteiger partial charge in [0, 0.05) is 0 Å². The van der Waals surface area contributed by atoms with Crippen LogP contribution in [0.25, 0.3) is 0 Å². The van der Waals surface area contributed by atoms with E-state index in [0.29, 0.717) is 0 Å². The molecule has 0 aromatic carbocycles. The van der Waals surface area contributed by atoms with Crippen molar-refractivity contribution in [3.63, 3.8) is 0 Å². The molecule has 0 saturated carbocycles. The number of rotatable bonds is 2. The van der Waals surface area contributed by atoms with Crippen LogP contribution in [0.2, 0.25) is 10.6 Å². The first-order valence-corrected chi connectivity index (χ1v) is 5.28. The average Bonchev–Trinajstić information content (AvgIpc) is 1.71. The van der Waals surface area contributed by atoms with E-state index in [4.69, 9.17) is 9.46 Å². The molecule has 0 heterocycles. The standard InChI is InChI=1S/2C2H5.Al.ClH.H3O2P/c2*1-2;;;1-3-2/h2*1H2,2H3;;1H;3H2,(H,1,2)/q;;+1;;/p-1. The Morgan fingerprint density at radius 2 is 1.67 bits per heavy atom. The topological polar surface area (TPSA) is 40.1 Å². The zero-order valence-electron chi connectivity index (χ0n) is 5.79. The average molecular weight is 187 g/mol. The molecule has 1 unspecified atom stereocenters. The van der Waals surface area contributed by atoms with E-state index in [9.17, 15) is 0 Å². The van der Waals surface area contributed by atoms with Crippen molar-refractivity contribution in [2.24, 2.45) is 0 Å². The minimum Gasteiger partial charge on any atom is -0.804 e. The molecule has 0 fully saturated rings. The first-order valence-electron chi connectivity index (χ1n) is 2.70. The Morgan fingerprint density at radius 1 is 1.44 bits per heavy atom. The summed E-state index contributed by atoms with van der Waals surface area (Å²) in [4.78, 5) is 8.46. The predicted molar refractivity (Wildman–Crippen MR) is 44.4 cm³/mol. The van der Waals surface area contributed by atoms with Gasteiger partial charge in [-0.3, -0.25) is 0 Å². The number of hydrogen-bond donors (Lipinski definition) is 0. The molecule has 0 aliphatic carbocycles. The maximum atomic E-state index is 8.46. The molecule has 0 N–H and O–H groups in total. The molecule has 0 aliphatic rings. The minimum atomic E-state index is -1.75. The third-order valence-electron chi connectivity index (χ3n) is 0.577. The summed E-state index contributed by atoms with van der Waals surface area (Å²) < 4.78 is 8.46. The van der Waals surface area contributed by atoms with Gasteiger partial charge in [0.1, 0.15) is 0 Å². The van der Waals surface area contributed by atoms with Gasteiger partial charge in [-0.25, -0.2) is 0 Å². The predicted octanol–water partition coefficient (Wildman–Crippen LogP) is 1.01. The monoisotopic (exact) mass is 186 g/mol. The molecule has 0 aromatic rings. The van der Waals surface area contributed by atoms with Gasteiger partial charge in [-0.1, -0.05) is 0 Å². The van der Waals surface area contributed by atoms with Crippen molar-refractivity contribution in [1.29, 1.82) is 0 Å². The van der Waals surface area contributed by atoms with E-state index in [1.54, 1.807) is 0 Å². The van der Waals surface area contributed by atoms with Gasteiger partial charge in [0.2, 0.25) is 0 Å². The maximum absolute atomic E-state index is 8.46. The van der Waals surface area contributed by atoms with Gasteiger partial charge in [-0.15, -0.1) is 12.4 Å². The van der Waals surface area contributed by atoms with E-state index in [1.807, 2.05) is 0 Å². The van der Waals surface area contributed by atoms with Crippen molar-refractivity contribution in [1.82, 2.24) is 0 Å². The molecule has 0 amide bonds. The summed E-state index contributed by atoms with van der Waals surface area (Å²) in [6, 6.07) is 0. The smallest absolute Gasteiger partial charge is 0.0110 e. The van der Waals surface area contributed by atoms with Crippen LogP contribution in [0.4, 0.5) is 0 Å². The molecule has 0 radical (unpaired) electrons. The van der Waals surface area contributed by atoms with E-state index < -0.39 is 8.69 Å². The van der Waals surface area contributed by atoms with Crippen molar-refractivity contribution in [3.05, 3.63) is 0 Å². The Labute approximate surface area is 70.4 Å². The van der Waals surface area contributed by atoms with Crippen molar-refractivity contribution in [2.45, 2.75) is 24.4 Å². The molecule has 0 rings (SSSR count). The van der Waals surface area contributed by atoms with Crippen LogP contribution in [0.3, 0.4) is 0 Å². The van der Waals surface area contributed by atoms with Crippen molar-refractivity contribution in [2.75, 3.05) is 0 Å². The van der Waals surface area contributed by atoms with Crippen LogP contribution >= 0.6 is 21.1 Å². The normalized spacial score (nSPS) is 7.00. The SMILES string of the molecule is C[CH2][Al+][CH2]C.Cl.O=[PH2][O-]. The van der Waals surface area contributed by atoms with Crippen LogP contribution in [0.5, 0.6) is 0 Å². The fourth-order valence-electron chi connectivity index (χ4n) is 0.289. The van der Waals surface area contributed by atoms with Crippen LogP contribution < -0.4 is 4.89 Å². The Balaban J connectivity index is -0.0000000800. The zero-order valence-corrected chi connectivity index (χ0v) is 8.92. The van der Waals surface area contributed by atoms with Gasteiger partial charge >= 0.3 is 39.6 Å². The molecule has 1 atom stereocenters. The summed E-state index contributed by atoms with van der Waals surface area (Å²) in [6.07, 6.45) is 0. The zero-order chi connectivity index (χ0) is 6.83. The molecule has 9 heavy (non-hydrogen) atoms. The van der Waals surface area contributed by atoms with Gasteiger partial charge in [-0.05, 0) is 8.69 Å². The quantitative estimate of drug-likeness (QED) is 0.477. The van der Waals surface area contributed by atoms with Gasteiger partial charge in [-0.2, -0.15) is 0 Å². The third kappa shape index (κ3) is 48.8. The van der Waals surface area contributed by atoms with Crippen LogP contribution in [0, 0.1) is 0 Å². The van der Waals surface area contributed by atoms with Crippen molar-refractivity contribution in [3.8, 4) is 0 Å². The molecular weight excluding hydrogens is 173 g/mol. The summed E-state index contributed by atoms with van der Waals surface area (Å²) in [5, 5.41) is 2.85. The molecule has 0 aromatic heterocycles. The Bertz CT molecular complexity index is 45.5. The van der Waals surface area contributed by atoms with Crippen LogP contribution in [0.15, 0.2) is 0 Å². The summed E-state index contributed by atoms with van der Waals surface area (Å²) in [7, 11) is -1.75. The Kier molecular flexibility index (Phi) is 42.3. The van der Waals surface area contributed by atoms with Gasteiger partial charge < -0.3 is 9.46 Å². The molecule has 0 bridgehead atoms. The van der Waals surface area contributed by atoms with E-state index in [1.165, 1.54) is 10.6 Å². The summed E-state index contributed by atoms with van der Waals surface area (Å²) >= 11 is 0.815. The summed E-state index contributed by atoms with van der Waals surface area (Å²) in [6.45, 7) is 4.50. The second kappa shape index (κ2) is 23.0. The van der Waals surface area contributed by atoms with E-state index in [2.05, 4.69) is 13.8 Å². The van der Waals surface area contributed by atoms with Crippen molar-refractivity contribution < 1.29 is 9.46 Å². The van der Waals surface area contributed by atoms with E-state index >= 15 is 0 Å². The second-order valence-corrected chi connectivity index (χ2v) is 3.60. The maximum Gasteiger partial charge on any atom is -0.0110 e. The van der Waals surface area contributed by atoms with Gasteiger partial charge in [0.05, 0.1) is 0 Å². The fourth-order valence-corrected chi connectivity index (χ4v) is 0.866. The summed E-state index contributed by atoms with van der Waals surface area (Å²) in [5.74, 6) is 0. The Morgan fingerprint density at radius 3 is 1.67 bits per heavy atom. The van der Waals surface area contributed by atoms with E-state index in [0.717, 1.165) is 15.2 Å². The van der Waals surface area contributed by atoms with Crippen molar-refractivity contribution >= 4 is 36.3 Å². The molecule has 56 valence electrons. The van der Waals surface area contributed by atoms with Gasteiger partial charge in [0.15, 0.2) is 0 Å². The first-order chi connectivity index (χ1) is 3.83. The first kappa shape index (κ1) is 16.5. The van der Waals surface area contributed by atoms with Crippen LogP contribution in [-0.2, 0) is 4.57 Å². The number of hydrogen-bond acceptors (Lipinski definition) is 2. The third-order valence-corrected chi connectivity index (χ3v) is 1.73. The van der Waals surface area contributed by atoms with Gasteiger partial charge in [0.25, 0.3) is 0 Å². The number of halogens is 1. The molecule has 0 aliphatic heterocycles. The molecule has 2 nitrogen and oxygen atoms in total. The largest absolute Gasteiger partial charge is 0.804 e. The van der Waals surface area contributed by atoms with Crippen LogP contribution in [-0.4, -0.2) is 15.2 Å². The Hall–Kier alpha value is 1.01. The molecular formula is C4H13AlClO2P. The molecule has 0 saturated heterocycles. The minimum absolute atomic E-state index is 0. The van der Waals surface area contributed by atoms with E-state index in [-0.39, 0.29) is 12.4 Å². The molecule has 5 heteroatoms. The van der Waals surface area contributed by atoms with Crippen LogP contribution in [0.1, 0.15) is 13.8 Å². The molecule has 0 spiro atoms.